The molecule has 0 fully saturated rings. The molecule has 4 heteroatoms. The molecule has 4 nitrogen and oxygen atoms in total. The topological polar surface area (TPSA) is 43.6 Å². The summed E-state index contributed by atoms with van der Waals surface area (Å²) in [4.78, 5) is 15.7. The Labute approximate surface area is 302 Å². The smallest absolute Gasteiger partial charge is 0.160 e. The van der Waals surface area contributed by atoms with Gasteiger partial charge in [-0.25, -0.2) is 15.0 Å². The van der Waals surface area contributed by atoms with Crippen molar-refractivity contribution in [3.05, 3.63) is 187 Å². The Kier molecular flexibility index (Phi) is 7.14. The van der Waals surface area contributed by atoms with Crippen LogP contribution >= 0.6 is 0 Å². The fourth-order valence-electron chi connectivity index (χ4n) is 8.09. The van der Waals surface area contributed by atoms with E-state index in [1.807, 2.05) is 36.4 Å². The summed E-state index contributed by atoms with van der Waals surface area (Å²) in [6.07, 6.45) is 11.2. The summed E-state index contributed by atoms with van der Waals surface area (Å²) < 4.78 is 2.41. The molecule has 10 rings (SSSR count). The number of fused-ring (bicyclic) bond motifs is 6. The molecule has 3 aromatic heterocycles. The van der Waals surface area contributed by atoms with Gasteiger partial charge in [0.15, 0.2) is 5.82 Å². The largest absolute Gasteiger partial charge is 0.307 e. The minimum Gasteiger partial charge on any atom is -0.307 e. The van der Waals surface area contributed by atoms with Gasteiger partial charge in [0.1, 0.15) is 0 Å². The van der Waals surface area contributed by atoms with Gasteiger partial charge >= 0.3 is 0 Å². The molecule has 5 aromatic carbocycles. The first-order valence-corrected chi connectivity index (χ1v) is 17.9. The molecule has 0 aliphatic heterocycles. The third-order valence-corrected chi connectivity index (χ3v) is 10.6. The maximum absolute atomic E-state index is 5.50. The standard InChI is InChI=1S/C48H34N4/c1-31-38-22-12-11-21-36(38)29-42-44(31)45-39-23-13-14-24-43(39)52(47(45)46(49-42)34-19-9-4-10-20-34)37-27-25-35(26-28-37)48-50-40(32-15-5-2-6-16-32)30-41(51-48)33-17-7-3-8-18-33/h2-31,38H,1H3. The van der Waals surface area contributed by atoms with Gasteiger partial charge in [0, 0.05) is 44.6 Å². The molecule has 8 aromatic rings. The lowest BCUT2D eigenvalue weighted by atomic mass is 9.74. The van der Waals surface area contributed by atoms with Crippen LogP contribution in [0.1, 0.15) is 24.1 Å². The van der Waals surface area contributed by atoms with E-state index in [9.17, 15) is 0 Å². The molecule has 0 N–H and O–H groups in total. The highest BCUT2D eigenvalue weighted by atomic mass is 15.0. The van der Waals surface area contributed by atoms with Crippen LogP contribution in [-0.4, -0.2) is 19.5 Å². The van der Waals surface area contributed by atoms with E-state index in [0.29, 0.717) is 11.7 Å². The van der Waals surface area contributed by atoms with E-state index >= 15 is 0 Å². The number of pyridine rings is 1. The minimum absolute atomic E-state index is 0.269. The van der Waals surface area contributed by atoms with Gasteiger partial charge in [0.05, 0.1) is 33.8 Å². The lowest BCUT2D eigenvalue weighted by Crippen LogP contribution is -2.18. The summed E-state index contributed by atoms with van der Waals surface area (Å²) in [5.41, 5.74) is 14.0. The van der Waals surface area contributed by atoms with Gasteiger partial charge in [0.2, 0.25) is 0 Å². The van der Waals surface area contributed by atoms with Crippen molar-refractivity contribution in [1.82, 2.24) is 19.5 Å². The first-order chi connectivity index (χ1) is 25.7. The second-order valence-electron chi connectivity index (χ2n) is 13.6. The lowest BCUT2D eigenvalue weighted by Gasteiger charge is -2.31. The summed E-state index contributed by atoms with van der Waals surface area (Å²) in [5, 5.41) is 2.52. The fourth-order valence-corrected chi connectivity index (χ4v) is 8.09. The highest BCUT2D eigenvalue weighted by Crippen LogP contribution is 2.48. The van der Waals surface area contributed by atoms with Crippen molar-refractivity contribution in [3.8, 4) is 50.8 Å². The number of benzene rings is 5. The maximum Gasteiger partial charge on any atom is 0.160 e. The molecule has 0 saturated heterocycles. The Morgan fingerprint density at radius 1 is 0.577 bits per heavy atom. The minimum atomic E-state index is 0.269. The molecule has 3 heterocycles. The van der Waals surface area contributed by atoms with Crippen molar-refractivity contribution >= 4 is 27.9 Å². The highest BCUT2D eigenvalue weighted by Gasteiger charge is 2.32. The summed E-state index contributed by atoms with van der Waals surface area (Å²) in [7, 11) is 0. The van der Waals surface area contributed by atoms with Crippen LogP contribution in [0.4, 0.5) is 0 Å². The van der Waals surface area contributed by atoms with Gasteiger partial charge in [0.25, 0.3) is 0 Å². The second kappa shape index (κ2) is 12.3. The van der Waals surface area contributed by atoms with Crippen LogP contribution in [0.2, 0.25) is 0 Å². The van der Waals surface area contributed by atoms with Crippen molar-refractivity contribution in [3.63, 3.8) is 0 Å². The monoisotopic (exact) mass is 666 g/mol. The average Bonchev–Trinajstić information content (AvgIpc) is 3.56. The first kappa shape index (κ1) is 30.2. The van der Waals surface area contributed by atoms with Crippen LogP contribution in [0.5, 0.6) is 0 Å². The van der Waals surface area contributed by atoms with Crippen LogP contribution in [-0.2, 0) is 0 Å². The van der Waals surface area contributed by atoms with Gasteiger partial charge in [-0.1, -0.05) is 140 Å². The van der Waals surface area contributed by atoms with E-state index in [2.05, 4.69) is 151 Å². The van der Waals surface area contributed by atoms with Crippen LogP contribution in [0.15, 0.2) is 175 Å². The first-order valence-electron chi connectivity index (χ1n) is 17.9. The Hall–Kier alpha value is -6.65. The molecule has 0 spiro atoms. The third kappa shape index (κ3) is 4.95. The highest BCUT2D eigenvalue weighted by molar-refractivity contribution is 6.15. The molecule has 0 saturated carbocycles. The molecule has 0 bridgehead atoms. The number of hydrogen-bond acceptors (Lipinski definition) is 3. The molecule has 2 unspecified atom stereocenters. The average molecular weight is 667 g/mol. The Morgan fingerprint density at radius 2 is 1.19 bits per heavy atom. The summed E-state index contributed by atoms with van der Waals surface area (Å²) in [5.74, 6) is 1.28. The summed E-state index contributed by atoms with van der Waals surface area (Å²) in [6.45, 7) is 2.36. The summed E-state index contributed by atoms with van der Waals surface area (Å²) >= 11 is 0. The van der Waals surface area contributed by atoms with E-state index in [1.54, 1.807) is 0 Å². The van der Waals surface area contributed by atoms with Crippen LogP contribution in [0, 0.1) is 5.92 Å². The van der Waals surface area contributed by atoms with Gasteiger partial charge in [-0.05, 0) is 59.5 Å². The van der Waals surface area contributed by atoms with Crippen molar-refractivity contribution in [2.75, 3.05) is 0 Å². The molecule has 2 aliphatic rings. The van der Waals surface area contributed by atoms with E-state index in [1.165, 1.54) is 21.9 Å². The zero-order valence-corrected chi connectivity index (χ0v) is 28.7. The predicted octanol–water partition coefficient (Wildman–Crippen LogP) is 11.9. The molecule has 246 valence electrons. The lowest BCUT2D eigenvalue weighted by molar-refractivity contribution is 0.619. The van der Waals surface area contributed by atoms with Gasteiger partial charge in [-0.15, -0.1) is 0 Å². The van der Waals surface area contributed by atoms with Gasteiger partial charge in [-0.3, -0.25) is 0 Å². The molecule has 0 amide bonds. The number of allylic oxidation sites excluding steroid dienone is 5. The van der Waals surface area contributed by atoms with Gasteiger partial charge in [-0.2, -0.15) is 0 Å². The number of aromatic nitrogens is 4. The second-order valence-corrected chi connectivity index (χ2v) is 13.6. The predicted molar refractivity (Wildman–Crippen MR) is 214 cm³/mol. The molecule has 0 radical (unpaired) electrons. The Balaban J connectivity index is 1.19. The zero-order valence-electron chi connectivity index (χ0n) is 28.7. The van der Waals surface area contributed by atoms with Crippen molar-refractivity contribution in [1.29, 1.82) is 0 Å². The molecule has 2 aliphatic carbocycles. The van der Waals surface area contributed by atoms with Crippen LogP contribution < -0.4 is 0 Å². The number of rotatable bonds is 5. The van der Waals surface area contributed by atoms with Crippen molar-refractivity contribution in [2.45, 2.75) is 12.8 Å². The summed E-state index contributed by atoms with van der Waals surface area (Å²) in [6, 6.07) is 50.9. The van der Waals surface area contributed by atoms with E-state index in [4.69, 9.17) is 15.0 Å². The zero-order chi connectivity index (χ0) is 34.6. The van der Waals surface area contributed by atoms with E-state index in [0.717, 1.165) is 61.8 Å². The molecular weight excluding hydrogens is 633 g/mol. The number of para-hydroxylation sites is 1. The Morgan fingerprint density at radius 3 is 1.87 bits per heavy atom. The van der Waals surface area contributed by atoms with E-state index < -0.39 is 0 Å². The van der Waals surface area contributed by atoms with Crippen molar-refractivity contribution < 1.29 is 0 Å². The SMILES string of the molecule is CC1c2c(nc(-c3ccccc3)c3c2c2ccccc2n3-c2ccc(-c3nc(-c4ccccc4)cc(-c4ccccc4)n3)cc2)C=C2C=CC=CC21. The Bertz CT molecular complexity index is 2660. The molecule has 2 atom stereocenters. The van der Waals surface area contributed by atoms with Crippen molar-refractivity contribution in [2.24, 2.45) is 5.92 Å². The van der Waals surface area contributed by atoms with Crippen LogP contribution in [0.25, 0.3) is 78.7 Å². The van der Waals surface area contributed by atoms with Gasteiger partial charge < -0.3 is 4.57 Å². The van der Waals surface area contributed by atoms with E-state index in [-0.39, 0.29) is 5.92 Å². The third-order valence-electron chi connectivity index (χ3n) is 10.6. The molecule has 52 heavy (non-hydrogen) atoms. The quantitative estimate of drug-likeness (QED) is 0.184. The molecular formula is C48H34N4. The number of hydrogen-bond donors (Lipinski definition) is 0. The fraction of sp³-hybridized carbons (Fsp3) is 0.0625. The van der Waals surface area contributed by atoms with Crippen LogP contribution in [0.3, 0.4) is 0 Å². The maximum atomic E-state index is 5.50. The normalized spacial score (nSPS) is 16.1. The number of nitrogens with zero attached hydrogens (tertiary/aromatic N) is 4.